The number of hydrogen-bond donors (Lipinski definition) is 1. The second-order valence-electron chi connectivity index (χ2n) is 4.41. The van der Waals surface area contributed by atoms with E-state index in [1.54, 1.807) is 0 Å². The first-order chi connectivity index (χ1) is 7.58. The van der Waals surface area contributed by atoms with Gasteiger partial charge < -0.3 is 10.2 Å². The van der Waals surface area contributed by atoms with Gasteiger partial charge in [0.15, 0.2) is 0 Å². The van der Waals surface area contributed by atoms with E-state index in [1.165, 1.54) is 5.69 Å². The van der Waals surface area contributed by atoms with Gasteiger partial charge in [0.1, 0.15) is 0 Å². The number of nitrogens with zero attached hydrogens (tertiary/aromatic N) is 1. The molecule has 16 heavy (non-hydrogen) atoms. The van der Waals surface area contributed by atoms with E-state index in [2.05, 4.69) is 40.0 Å². The first-order valence-corrected chi connectivity index (χ1v) is 6.70. The van der Waals surface area contributed by atoms with Crippen LogP contribution in [0.3, 0.4) is 0 Å². The minimum Gasteiger partial charge on any atom is -0.365 e. The molecule has 1 saturated heterocycles. The minimum absolute atomic E-state index is 0.492. The summed E-state index contributed by atoms with van der Waals surface area (Å²) in [5.41, 5.74) is 1.19. The lowest BCUT2D eigenvalue weighted by molar-refractivity contribution is 0.425. The van der Waals surface area contributed by atoms with Crippen LogP contribution < -0.4 is 10.2 Å². The quantitative estimate of drug-likeness (QED) is 0.856. The Labute approximate surface area is 110 Å². The molecule has 0 radical (unpaired) electrons. The highest BCUT2D eigenvalue weighted by molar-refractivity contribution is 9.10. The molecule has 88 valence electrons. The summed E-state index contributed by atoms with van der Waals surface area (Å²) in [6, 6.07) is 6.95. The molecular weight excluding hydrogens is 288 g/mol. The average Bonchev–Trinajstić information content (AvgIpc) is 2.25. The van der Waals surface area contributed by atoms with E-state index < -0.39 is 0 Å². The van der Waals surface area contributed by atoms with Crippen LogP contribution in [0.2, 0.25) is 5.02 Å². The Morgan fingerprint density at radius 2 is 2.19 bits per heavy atom. The van der Waals surface area contributed by atoms with Crippen molar-refractivity contribution in [2.45, 2.75) is 25.9 Å². The third-order valence-electron chi connectivity index (χ3n) is 2.98. The van der Waals surface area contributed by atoms with Crippen LogP contribution in [0, 0.1) is 0 Å². The van der Waals surface area contributed by atoms with Gasteiger partial charge in [-0.2, -0.15) is 0 Å². The van der Waals surface area contributed by atoms with Gasteiger partial charge in [-0.05, 0) is 48.0 Å². The highest BCUT2D eigenvalue weighted by Crippen LogP contribution is 2.31. The fraction of sp³-hybridized carbons (Fsp3) is 0.500. The summed E-state index contributed by atoms with van der Waals surface area (Å²) in [5.74, 6) is 0. The second-order valence-corrected chi connectivity index (χ2v) is 5.70. The Bertz CT molecular complexity index is 383. The molecule has 0 aromatic heterocycles. The molecule has 2 unspecified atom stereocenters. The van der Waals surface area contributed by atoms with Crippen LogP contribution in [0.1, 0.15) is 13.8 Å². The van der Waals surface area contributed by atoms with Crippen molar-refractivity contribution in [3.63, 3.8) is 0 Å². The van der Waals surface area contributed by atoms with Crippen molar-refractivity contribution in [1.29, 1.82) is 0 Å². The van der Waals surface area contributed by atoms with E-state index in [4.69, 9.17) is 11.6 Å². The van der Waals surface area contributed by atoms with Crippen LogP contribution in [0.5, 0.6) is 0 Å². The summed E-state index contributed by atoms with van der Waals surface area (Å²) in [5, 5.41) is 4.26. The van der Waals surface area contributed by atoms with Crippen LogP contribution in [0.4, 0.5) is 5.69 Å². The lowest BCUT2D eigenvalue weighted by Crippen LogP contribution is -2.54. The smallest absolute Gasteiger partial charge is 0.0528 e. The Hall–Kier alpha value is -0.250. The molecule has 1 aliphatic heterocycles. The van der Waals surface area contributed by atoms with Crippen LogP contribution in [0.15, 0.2) is 22.7 Å². The van der Waals surface area contributed by atoms with Gasteiger partial charge >= 0.3 is 0 Å². The minimum atomic E-state index is 0.492. The molecule has 2 rings (SSSR count). The zero-order chi connectivity index (χ0) is 11.7. The standard InChI is InChI=1S/C12H16BrClN2/c1-8-7-16(9(2)6-15-8)12-5-10(14)3-4-11(12)13/h3-5,8-9,15H,6-7H2,1-2H3. The summed E-state index contributed by atoms with van der Waals surface area (Å²) in [4.78, 5) is 2.40. The summed E-state index contributed by atoms with van der Waals surface area (Å²) >= 11 is 9.65. The van der Waals surface area contributed by atoms with Crippen LogP contribution in [-0.2, 0) is 0 Å². The van der Waals surface area contributed by atoms with Crippen molar-refractivity contribution in [3.05, 3.63) is 27.7 Å². The Morgan fingerprint density at radius 3 is 2.94 bits per heavy atom. The fourth-order valence-electron chi connectivity index (χ4n) is 2.06. The summed E-state index contributed by atoms with van der Waals surface area (Å²) in [7, 11) is 0. The van der Waals surface area contributed by atoms with E-state index in [9.17, 15) is 0 Å². The number of rotatable bonds is 1. The lowest BCUT2D eigenvalue weighted by Gasteiger charge is -2.39. The molecule has 1 heterocycles. The third-order valence-corrected chi connectivity index (χ3v) is 3.89. The number of anilines is 1. The van der Waals surface area contributed by atoms with E-state index >= 15 is 0 Å². The van der Waals surface area contributed by atoms with E-state index in [0.29, 0.717) is 12.1 Å². The van der Waals surface area contributed by atoms with Gasteiger partial charge in [-0.15, -0.1) is 0 Å². The van der Waals surface area contributed by atoms with E-state index in [1.807, 2.05) is 18.2 Å². The number of halogens is 2. The molecule has 0 spiro atoms. The molecule has 4 heteroatoms. The van der Waals surface area contributed by atoms with Gasteiger partial charge in [0.25, 0.3) is 0 Å². The first kappa shape index (κ1) is 12.2. The normalized spacial score (nSPS) is 25.9. The van der Waals surface area contributed by atoms with Gasteiger partial charge in [0.05, 0.1) is 5.69 Å². The topological polar surface area (TPSA) is 15.3 Å². The molecule has 0 bridgehead atoms. The zero-order valence-electron chi connectivity index (χ0n) is 9.50. The predicted molar refractivity (Wildman–Crippen MR) is 73.4 cm³/mol. The van der Waals surface area contributed by atoms with Crippen molar-refractivity contribution in [3.8, 4) is 0 Å². The van der Waals surface area contributed by atoms with Gasteiger partial charge in [-0.1, -0.05) is 11.6 Å². The van der Waals surface area contributed by atoms with Crippen LogP contribution in [0.25, 0.3) is 0 Å². The SMILES string of the molecule is CC1CN(c2cc(Cl)ccc2Br)C(C)CN1. The van der Waals surface area contributed by atoms with Crippen molar-refractivity contribution in [1.82, 2.24) is 5.32 Å². The van der Waals surface area contributed by atoms with Crippen molar-refractivity contribution in [2.24, 2.45) is 0 Å². The molecule has 0 aliphatic carbocycles. The number of nitrogens with one attached hydrogen (secondary N) is 1. The Balaban J connectivity index is 2.30. The predicted octanol–water partition coefficient (Wildman–Crippen LogP) is 3.29. The van der Waals surface area contributed by atoms with Crippen molar-refractivity contribution >= 4 is 33.2 Å². The molecule has 0 saturated carbocycles. The van der Waals surface area contributed by atoms with Crippen LogP contribution in [-0.4, -0.2) is 25.2 Å². The largest absolute Gasteiger partial charge is 0.365 e. The highest BCUT2D eigenvalue weighted by atomic mass is 79.9. The average molecular weight is 304 g/mol. The Morgan fingerprint density at radius 1 is 1.44 bits per heavy atom. The van der Waals surface area contributed by atoms with Crippen LogP contribution >= 0.6 is 27.5 Å². The first-order valence-electron chi connectivity index (χ1n) is 5.53. The molecule has 0 amide bonds. The molecule has 2 atom stereocenters. The van der Waals surface area contributed by atoms with E-state index in [-0.39, 0.29) is 0 Å². The Kier molecular flexibility index (Phi) is 3.77. The molecular formula is C12H16BrClN2. The molecule has 1 aliphatic rings. The maximum Gasteiger partial charge on any atom is 0.0528 e. The lowest BCUT2D eigenvalue weighted by atomic mass is 10.1. The molecule has 2 nitrogen and oxygen atoms in total. The summed E-state index contributed by atoms with van der Waals surface area (Å²) < 4.78 is 1.11. The monoisotopic (exact) mass is 302 g/mol. The van der Waals surface area contributed by atoms with E-state index in [0.717, 1.165) is 22.6 Å². The van der Waals surface area contributed by atoms with Gasteiger partial charge in [-0.3, -0.25) is 0 Å². The molecule has 1 aromatic rings. The summed E-state index contributed by atoms with van der Waals surface area (Å²) in [6.07, 6.45) is 0. The zero-order valence-corrected chi connectivity index (χ0v) is 11.8. The highest BCUT2D eigenvalue weighted by Gasteiger charge is 2.23. The maximum atomic E-state index is 6.06. The maximum absolute atomic E-state index is 6.06. The summed E-state index contributed by atoms with van der Waals surface area (Å²) in [6.45, 7) is 6.46. The molecule has 1 N–H and O–H groups in total. The van der Waals surface area contributed by atoms with Crippen molar-refractivity contribution in [2.75, 3.05) is 18.0 Å². The molecule has 1 aromatic carbocycles. The number of hydrogen-bond acceptors (Lipinski definition) is 2. The number of piperazine rings is 1. The van der Waals surface area contributed by atoms with Gasteiger partial charge in [-0.25, -0.2) is 0 Å². The van der Waals surface area contributed by atoms with Gasteiger partial charge in [0.2, 0.25) is 0 Å². The second kappa shape index (κ2) is 4.94. The van der Waals surface area contributed by atoms with Crippen molar-refractivity contribution < 1.29 is 0 Å². The fourth-order valence-corrected chi connectivity index (χ4v) is 2.70. The third kappa shape index (κ3) is 2.53. The number of benzene rings is 1. The van der Waals surface area contributed by atoms with Gasteiger partial charge in [0, 0.05) is 34.7 Å². The molecule has 1 fully saturated rings.